The second kappa shape index (κ2) is 6.04. The lowest BCUT2D eigenvalue weighted by atomic mass is 10.3. The molecule has 3 N–H and O–H groups in total. The van der Waals surface area contributed by atoms with Gasteiger partial charge < -0.3 is 5.73 Å². The summed E-state index contributed by atoms with van der Waals surface area (Å²) in [7, 11) is -3.85. The summed E-state index contributed by atoms with van der Waals surface area (Å²) in [5.74, 6) is -0.147. The molecule has 0 fully saturated rings. The summed E-state index contributed by atoms with van der Waals surface area (Å²) >= 11 is 3.01. The summed E-state index contributed by atoms with van der Waals surface area (Å²) in [4.78, 5) is 7.88. The van der Waals surface area contributed by atoms with Crippen molar-refractivity contribution in [3.63, 3.8) is 0 Å². The topological polar surface area (TPSA) is 98.0 Å². The van der Waals surface area contributed by atoms with Gasteiger partial charge in [0.15, 0.2) is 0 Å². The van der Waals surface area contributed by atoms with E-state index in [0.717, 1.165) is 12.1 Å². The van der Waals surface area contributed by atoms with Gasteiger partial charge in [0.1, 0.15) is 11.6 Å². The van der Waals surface area contributed by atoms with Crippen LogP contribution in [-0.4, -0.2) is 18.4 Å². The van der Waals surface area contributed by atoms with Crippen LogP contribution < -0.4 is 10.5 Å². The predicted molar refractivity (Wildman–Crippen MR) is 79.3 cm³/mol. The number of halogens is 2. The molecule has 0 radical (unpaired) electrons. The lowest BCUT2D eigenvalue weighted by Crippen LogP contribution is -2.24. The Balaban J connectivity index is 2.25. The molecule has 0 unspecified atom stereocenters. The van der Waals surface area contributed by atoms with E-state index in [1.807, 2.05) is 0 Å². The smallest absolute Gasteiger partial charge is 0.242 e. The van der Waals surface area contributed by atoms with Gasteiger partial charge in [0, 0.05) is 10.7 Å². The average molecular weight is 375 g/mol. The fraction of sp³-hybridized carbons (Fsp3) is 0.167. The predicted octanol–water partition coefficient (Wildman–Crippen LogP) is 1.75. The molecule has 1 aromatic carbocycles. The third kappa shape index (κ3) is 3.74. The van der Waals surface area contributed by atoms with Crippen LogP contribution in [0.2, 0.25) is 0 Å². The van der Waals surface area contributed by atoms with Crippen molar-refractivity contribution in [3.8, 4) is 0 Å². The Kier molecular flexibility index (Phi) is 4.55. The van der Waals surface area contributed by atoms with E-state index in [1.54, 1.807) is 13.0 Å². The first kappa shape index (κ1) is 15.8. The Bertz CT molecular complexity index is 783. The number of aryl methyl sites for hydroxylation is 1. The van der Waals surface area contributed by atoms with Gasteiger partial charge in [-0.3, -0.25) is 0 Å². The number of nitrogens with one attached hydrogen (secondary N) is 1. The van der Waals surface area contributed by atoms with Crippen LogP contribution in [0.4, 0.5) is 10.1 Å². The SMILES string of the molecule is Cc1nccc(CNS(=O)(=O)c2cc(N)c(F)cc2Br)n1. The molecule has 112 valence electrons. The fourth-order valence-electron chi connectivity index (χ4n) is 1.60. The maximum Gasteiger partial charge on any atom is 0.242 e. The number of nitrogens with zero attached hydrogens (tertiary/aromatic N) is 2. The number of hydrogen-bond acceptors (Lipinski definition) is 5. The third-order valence-electron chi connectivity index (χ3n) is 2.62. The minimum atomic E-state index is -3.85. The van der Waals surface area contributed by atoms with Crippen LogP contribution >= 0.6 is 15.9 Å². The molecular formula is C12H12BrFN4O2S. The number of sulfonamides is 1. The molecule has 2 rings (SSSR count). The summed E-state index contributed by atoms with van der Waals surface area (Å²) in [5.41, 5.74) is 5.69. The molecule has 0 atom stereocenters. The first-order chi connectivity index (χ1) is 9.79. The summed E-state index contributed by atoms with van der Waals surface area (Å²) in [6.45, 7) is 1.70. The van der Waals surface area contributed by atoms with Crippen LogP contribution in [-0.2, 0) is 16.6 Å². The molecule has 0 saturated carbocycles. The lowest BCUT2D eigenvalue weighted by Gasteiger charge is -2.09. The van der Waals surface area contributed by atoms with E-state index in [0.29, 0.717) is 11.5 Å². The minimum absolute atomic E-state index is 0.00455. The Morgan fingerprint density at radius 1 is 1.43 bits per heavy atom. The highest BCUT2D eigenvalue weighted by atomic mass is 79.9. The highest BCUT2D eigenvalue weighted by Crippen LogP contribution is 2.26. The Morgan fingerprint density at radius 2 is 2.14 bits per heavy atom. The van der Waals surface area contributed by atoms with Crippen molar-refractivity contribution in [1.82, 2.24) is 14.7 Å². The molecule has 0 aliphatic carbocycles. The molecule has 0 aliphatic rings. The molecule has 2 aromatic rings. The number of rotatable bonds is 4. The van der Waals surface area contributed by atoms with Crippen LogP contribution in [0.15, 0.2) is 33.8 Å². The van der Waals surface area contributed by atoms with Gasteiger partial charge in [0.2, 0.25) is 10.0 Å². The van der Waals surface area contributed by atoms with E-state index in [-0.39, 0.29) is 21.6 Å². The second-order valence-electron chi connectivity index (χ2n) is 4.22. The summed E-state index contributed by atoms with van der Waals surface area (Å²) in [6, 6.07) is 3.68. The maximum atomic E-state index is 13.3. The van der Waals surface area contributed by atoms with E-state index in [4.69, 9.17) is 5.73 Å². The summed E-state index contributed by atoms with van der Waals surface area (Å²) in [6.07, 6.45) is 1.54. The number of nitrogen functional groups attached to an aromatic ring is 1. The van der Waals surface area contributed by atoms with E-state index in [2.05, 4.69) is 30.6 Å². The molecule has 9 heteroatoms. The fourth-order valence-corrected chi connectivity index (χ4v) is 3.65. The number of anilines is 1. The van der Waals surface area contributed by atoms with E-state index in [1.165, 1.54) is 6.20 Å². The third-order valence-corrected chi connectivity index (χ3v) is 4.98. The Hall–Kier alpha value is -1.58. The van der Waals surface area contributed by atoms with Crippen molar-refractivity contribution < 1.29 is 12.8 Å². The Labute approximate surface area is 129 Å². The van der Waals surface area contributed by atoms with Gasteiger partial charge in [-0.1, -0.05) is 0 Å². The van der Waals surface area contributed by atoms with E-state index >= 15 is 0 Å². The highest BCUT2D eigenvalue weighted by Gasteiger charge is 2.19. The summed E-state index contributed by atoms with van der Waals surface area (Å²) < 4.78 is 40.2. The lowest BCUT2D eigenvalue weighted by molar-refractivity contribution is 0.579. The summed E-state index contributed by atoms with van der Waals surface area (Å²) in [5, 5.41) is 0. The molecular weight excluding hydrogens is 363 g/mol. The van der Waals surface area contributed by atoms with Gasteiger partial charge in [0.05, 0.1) is 22.8 Å². The maximum absolute atomic E-state index is 13.3. The zero-order valence-corrected chi connectivity index (χ0v) is 13.4. The van der Waals surface area contributed by atoms with Crippen LogP contribution in [0, 0.1) is 12.7 Å². The van der Waals surface area contributed by atoms with Crippen molar-refractivity contribution in [3.05, 3.63) is 46.2 Å². The average Bonchev–Trinajstić information content (AvgIpc) is 2.41. The molecule has 0 saturated heterocycles. The largest absolute Gasteiger partial charge is 0.396 e. The van der Waals surface area contributed by atoms with Crippen molar-refractivity contribution in [1.29, 1.82) is 0 Å². The van der Waals surface area contributed by atoms with Gasteiger partial charge in [-0.2, -0.15) is 0 Å². The zero-order chi connectivity index (χ0) is 15.6. The molecule has 0 amide bonds. The number of nitrogens with two attached hydrogens (primary N) is 1. The standard InChI is InChI=1S/C12H12BrFN4O2S/c1-7-16-3-2-8(18-7)6-17-21(19,20)12-5-11(15)10(14)4-9(12)13/h2-5,17H,6,15H2,1H3. The van der Waals surface area contributed by atoms with Gasteiger partial charge in [-0.05, 0) is 41.1 Å². The Morgan fingerprint density at radius 3 is 2.81 bits per heavy atom. The van der Waals surface area contributed by atoms with Gasteiger partial charge >= 0.3 is 0 Å². The van der Waals surface area contributed by atoms with Gasteiger partial charge in [-0.25, -0.2) is 27.5 Å². The number of aromatic nitrogens is 2. The van der Waals surface area contributed by atoms with Crippen LogP contribution in [0.5, 0.6) is 0 Å². The normalized spacial score (nSPS) is 11.6. The first-order valence-corrected chi connectivity index (χ1v) is 8.10. The quantitative estimate of drug-likeness (QED) is 0.794. The van der Waals surface area contributed by atoms with E-state index < -0.39 is 15.8 Å². The molecule has 6 nitrogen and oxygen atoms in total. The molecule has 0 spiro atoms. The number of benzene rings is 1. The van der Waals surface area contributed by atoms with Crippen LogP contribution in [0.25, 0.3) is 0 Å². The zero-order valence-electron chi connectivity index (χ0n) is 11.0. The molecule has 0 bridgehead atoms. The van der Waals surface area contributed by atoms with Crippen molar-refractivity contribution in [2.45, 2.75) is 18.4 Å². The van der Waals surface area contributed by atoms with Gasteiger partial charge in [0.25, 0.3) is 0 Å². The monoisotopic (exact) mass is 374 g/mol. The van der Waals surface area contributed by atoms with Crippen LogP contribution in [0.3, 0.4) is 0 Å². The van der Waals surface area contributed by atoms with Crippen molar-refractivity contribution >= 4 is 31.6 Å². The second-order valence-corrected chi connectivity index (χ2v) is 6.81. The minimum Gasteiger partial charge on any atom is -0.396 e. The van der Waals surface area contributed by atoms with E-state index in [9.17, 15) is 12.8 Å². The molecule has 21 heavy (non-hydrogen) atoms. The molecule has 1 heterocycles. The molecule has 1 aromatic heterocycles. The van der Waals surface area contributed by atoms with Crippen molar-refractivity contribution in [2.75, 3.05) is 5.73 Å². The van der Waals surface area contributed by atoms with Crippen molar-refractivity contribution in [2.24, 2.45) is 0 Å². The number of hydrogen-bond donors (Lipinski definition) is 2. The molecule has 0 aliphatic heterocycles. The van der Waals surface area contributed by atoms with Crippen LogP contribution in [0.1, 0.15) is 11.5 Å². The highest BCUT2D eigenvalue weighted by molar-refractivity contribution is 9.10. The first-order valence-electron chi connectivity index (χ1n) is 5.82. The van der Waals surface area contributed by atoms with Gasteiger partial charge in [-0.15, -0.1) is 0 Å².